The van der Waals surface area contributed by atoms with Crippen LogP contribution in [0.25, 0.3) is 21.5 Å². The number of methoxy groups -OCH3 is 1. The van der Waals surface area contributed by atoms with Gasteiger partial charge in [-0.25, -0.2) is 4.98 Å². The number of rotatable bonds is 10. The molecule has 0 atom stereocenters. The van der Waals surface area contributed by atoms with Crippen molar-refractivity contribution in [1.29, 1.82) is 0 Å². The number of thiophene rings is 1. The minimum absolute atomic E-state index is 0.0731. The molecule has 0 bridgehead atoms. The van der Waals surface area contributed by atoms with Crippen LogP contribution >= 0.6 is 23.1 Å². The Morgan fingerprint density at radius 1 is 1.08 bits per heavy atom. The van der Waals surface area contributed by atoms with Crippen molar-refractivity contribution < 1.29 is 9.53 Å². The van der Waals surface area contributed by atoms with Crippen molar-refractivity contribution in [3.8, 4) is 16.3 Å². The van der Waals surface area contributed by atoms with Crippen LogP contribution in [0, 0.1) is 6.92 Å². The molecule has 0 saturated carbocycles. The Morgan fingerprint density at radius 3 is 2.61 bits per heavy atom. The van der Waals surface area contributed by atoms with E-state index in [1.54, 1.807) is 30.2 Å². The Hall–Kier alpha value is -3.62. The van der Waals surface area contributed by atoms with E-state index in [0.717, 1.165) is 44.0 Å². The van der Waals surface area contributed by atoms with Crippen molar-refractivity contribution in [2.75, 3.05) is 13.4 Å². The number of ether oxygens (including phenoxy) is 1. The standard InChI is InChI=1S/C30H30N4O2S2/c1-21-12-14-34(32-21)15-13-29(35)33(19-22-6-9-25(36-2)10-7-22)20-24-17-23-8-11-26(37-3)18-27(23)31-30(24)28-5-4-16-38-28/h4-12,14,16-18H,13,15,19-20H2,1-3H3. The van der Waals surface area contributed by atoms with Crippen LogP contribution in [0.15, 0.2) is 83.2 Å². The van der Waals surface area contributed by atoms with Gasteiger partial charge < -0.3 is 9.64 Å². The first-order valence-corrected chi connectivity index (χ1v) is 14.5. The van der Waals surface area contributed by atoms with Crippen molar-refractivity contribution in [2.24, 2.45) is 0 Å². The number of hydrogen-bond acceptors (Lipinski definition) is 6. The normalized spacial score (nSPS) is 11.1. The SMILES string of the molecule is COc1ccc(CN(Cc2cc3ccc(SC)cc3nc2-c2cccs2)C(=O)CCn2ccc(C)n2)cc1. The molecule has 5 rings (SSSR count). The molecule has 0 fully saturated rings. The molecule has 1 amide bonds. The third-order valence-corrected chi connectivity index (χ3v) is 8.04. The number of aryl methyl sites for hydroxylation is 2. The molecule has 2 aromatic carbocycles. The van der Waals surface area contributed by atoms with Crippen LogP contribution in [0.5, 0.6) is 5.75 Å². The molecule has 5 aromatic rings. The summed E-state index contributed by atoms with van der Waals surface area (Å²) in [6.07, 6.45) is 4.36. The summed E-state index contributed by atoms with van der Waals surface area (Å²) >= 11 is 3.37. The fourth-order valence-electron chi connectivity index (χ4n) is 4.41. The van der Waals surface area contributed by atoms with Gasteiger partial charge in [-0.05, 0) is 72.2 Å². The molecule has 3 heterocycles. The fourth-order valence-corrected chi connectivity index (χ4v) is 5.59. The average molecular weight is 543 g/mol. The van der Waals surface area contributed by atoms with E-state index in [4.69, 9.17) is 9.72 Å². The Bertz CT molecular complexity index is 1530. The topological polar surface area (TPSA) is 60.2 Å². The Balaban J connectivity index is 1.49. The lowest BCUT2D eigenvalue weighted by Crippen LogP contribution is -2.31. The number of fused-ring (bicyclic) bond motifs is 1. The lowest BCUT2D eigenvalue weighted by atomic mass is 10.1. The number of nitrogens with zero attached hydrogens (tertiary/aromatic N) is 4. The summed E-state index contributed by atoms with van der Waals surface area (Å²) in [4.78, 5) is 22.9. The molecule has 8 heteroatoms. The second kappa shape index (κ2) is 11.8. The molecule has 0 unspecified atom stereocenters. The largest absolute Gasteiger partial charge is 0.497 e. The van der Waals surface area contributed by atoms with Gasteiger partial charge >= 0.3 is 0 Å². The predicted molar refractivity (Wildman–Crippen MR) is 156 cm³/mol. The molecular weight excluding hydrogens is 512 g/mol. The summed E-state index contributed by atoms with van der Waals surface area (Å²) in [6.45, 7) is 3.45. The van der Waals surface area contributed by atoms with Crippen molar-refractivity contribution in [3.05, 3.63) is 95.1 Å². The predicted octanol–water partition coefficient (Wildman–Crippen LogP) is 6.82. The van der Waals surface area contributed by atoms with Crippen LogP contribution < -0.4 is 4.74 Å². The maximum absolute atomic E-state index is 13.6. The van der Waals surface area contributed by atoms with Crippen molar-refractivity contribution >= 4 is 39.9 Å². The number of carbonyl (C=O) groups excluding carboxylic acids is 1. The molecule has 0 saturated heterocycles. The quantitative estimate of drug-likeness (QED) is 0.181. The second-order valence-electron chi connectivity index (χ2n) is 9.10. The van der Waals surface area contributed by atoms with Gasteiger partial charge in [0.1, 0.15) is 5.75 Å². The van der Waals surface area contributed by atoms with Crippen molar-refractivity contribution in [1.82, 2.24) is 19.7 Å². The highest BCUT2D eigenvalue weighted by molar-refractivity contribution is 7.98. The lowest BCUT2D eigenvalue weighted by molar-refractivity contribution is -0.132. The molecule has 38 heavy (non-hydrogen) atoms. The van der Waals surface area contributed by atoms with Gasteiger partial charge in [-0.3, -0.25) is 9.48 Å². The Kier molecular flexibility index (Phi) is 8.10. The van der Waals surface area contributed by atoms with Gasteiger partial charge in [0.25, 0.3) is 0 Å². The highest BCUT2D eigenvalue weighted by atomic mass is 32.2. The summed E-state index contributed by atoms with van der Waals surface area (Å²) < 4.78 is 7.15. The third kappa shape index (κ3) is 6.09. The zero-order chi connectivity index (χ0) is 26.5. The number of thioether (sulfide) groups is 1. The summed E-state index contributed by atoms with van der Waals surface area (Å²) in [5.41, 5.74) is 4.92. The first-order chi connectivity index (χ1) is 18.5. The molecule has 0 N–H and O–H groups in total. The van der Waals surface area contributed by atoms with Gasteiger partial charge in [-0.2, -0.15) is 5.10 Å². The minimum Gasteiger partial charge on any atom is -0.497 e. The van der Waals surface area contributed by atoms with E-state index in [0.29, 0.717) is 26.1 Å². The molecule has 6 nitrogen and oxygen atoms in total. The van der Waals surface area contributed by atoms with E-state index >= 15 is 0 Å². The van der Waals surface area contributed by atoms with Gasteiger partial charge in [0.15, 0.2) is 0 Å². The molecular formula is C30H30N4O2S2. The van der Waals surface area contributed by atoms with Crippen molar-refractivity contribution in [3.63, 3.8) is 0 Å². The smallest absolute Gasteiger partial charge is 0.225 e. The van der Waals surface area contributed by atoms with E-state index in [1.165, 1.54) is 4.90 Å². The maximum Gasteiger partial charge on any atom is 0.225 e. The number of pyridine rings is 1. The van der Waals surface area contributed by atoms with Crippen molar-refractivity contribution in [2.45, 2.75) is 37.9 Å². The second-order valence-corrected chi connectivity index (χ2v) is 10.9. The molecule has 0 aliphatic rings. The van der Waals surface area contributed by atoms with E-state index in [2.05, 4.69) is 47.1 Å². The summed E-state index contributed by atoms with van der Waals surface area (Å²) in [7, 11) is 1.66. The van der Waals surface area contributed by atoms with Crippen LogP contribution in [0.3, 0.4) is 0 Å². The van der Waals surface area contributed by atoms with Gasteiger partial charge in [-0.15, -0.1) is 23.1 Å². The van der Waals surface area contributed by atoms with Crippen LogP contribution in [0.4, 0.5) is 0 Å². The highest BCUT2D eigenvalue weighted by Gasteiger charge is 2.19. The third-order valence-electron chi connectivity index (χ3n) is 6.43. The number of benzene rings is 2. The number of hydrogen-bond donors (Lipinski definition) is 0. The van der Waals surface area contributed by atoms with Gasteiger partial charge in [0, 0.05) is 42.5 Å². The summed E-state index contributed by atoms with van der Waals surface area (Å²) in [5.74, 6) is 0.868. The lowest BCUT2D eigenvalue weighted by Gasteiger charge is -2.24. The van der Waals surface area contributed by atoms with Crippen LogP contribution in [-0.4, -0.2) is 38.9 Å². The highest BCUT2D eigenvalue weighted by Crippen LogP contribution is 2.32. The molecule has 0 aliphatic heterocycles. The number of amides is 1. The number of carbonyl (C=O) groups is 1. The van der Waals surface area contributed by atoms with Gasteiger partial charge in [0.2, 0.25) is 5.91 Å². The van der Waals surface area contributed by atoms with Gasteiger partial charge in [0.05, 0.1) is 28.9 Å². The molecule has 0 spiro atoms. The molecule has 0 radical (unpaired) electrons. The van der Waals surface area contributed by atoms with Crippen LogP contribution in [0.2, 0.25) is 0 Å². The Labute approximate surface area is 231 Å². The minimum atomic E-state index is 0.0731. The van der Waals surface area contributed by atoms with E-state index < -0.39 is 0 Å². The van der Waals surface area contributed by atoms with Crippen LogP contribution in [-0.2, 0) is 24.4 Å². The average Bonchev–Trinajstić information content (AvgIpc) is 3.63. The monoisotopic (exact) mass is 542 g/mol. The van der Waals surface area contributed by atoms with Gasteiger partial charge in [-0.1, -0.05) is 24.3 Å². The number of aromatic nitrogens is 3. The van der Waals surface area contributed by atoms with E-state index in [-0.39, 0.29) is 5.91 Å². The molecule has 194 valence electrons. The zero-order valence-corrected chi connectivity index (χ0v) is 23.4. The Morgan fingerprint density at radius 2 is 1.92 bits per heavy atom. The van der Waals surface area contributed by atoms with E-state index in [1.807, 2.05) is 59.1 Å². The summed E-state index contributed by atoms with van der Waals surface area (Å²) in [5, 5.41) is 7.58. The first-order valence-electron chi connectivity index (χ1n) is 12.4. The molecule has 3 aromatic heterocycles. The molecule has 0 aliphatic carbocycles. The fraction of sp³-hybridized carbons (Fsp3) is 0.233. The van der Waals surface area contributed by atoms with Crippen LogP contribution in [0.1, 0.15) is 23.2 Å². The van der Waals surface area contributed by atoms with E-state index in [9.17, 15) is 4.79 Å². The summed E-state index contributed by atoms with van der Waals surface area (Å²) in [6, 6.07) is 22.5. The first kappa shape index (κ1) is 26.0. The zero-order valence-electron chi connectivity index (χ0n) is 21.8. The maximum atomic E-state index is 13.6.